The number of amides is 2. The molecule has 0 saturated heterocycles. The summed E-state index contributed by atoms with van der Waals surface area (Å²) in [5.74, 6) is 4.47. The number of carbonyl (C=O) groups is 1. The average Bonchev–Trinajstić information content (AvgIpc) is 2.55. The number of aromatic nitrogens is 1. The minimum Gasteiger partial charge on any atom is -0.273 e. The average molecular weight is 187 g/mol. The fourth-order valence-corrected chi connectivity index (χ4v) is 0.767. The van der Waals surface area contributed by atoms with E-state index in [1.165, 1.54) is 0 Å². The fraction of sp³-hybridized carbons (Fsp3) is 0.200. The first-order chi connectivity index (χ1) is 5.70. The van der Waals surface area contributed by atoms with E-state index in [2.05, 4.69) is 15.9 Å². The van der Waals surface area contributed by atoms with Gasteiger partial charge in [-0.3, -0.25) is 10.4 Å². The van der Waals surface area contributed by atoms with E-state index in [-0.39, 0.29) is 0 Å². The van der Waals surface area contributed by atoms with Crippen molar-refractivity contribution >= 4 is 17.4 Å². The van der Waals surface area contributed by atoms with Crippen molar-refractivity contribution in [3.63, 3.8) is 0 Å². The van der Waals surface area contributed by atoms with Gasteiger partial charge in [0.1, 0.15) is 0 Å². The third-order valence-electron chi connectivity index (χ3n) is 0.781. The number of hydrazine groups is 1. The van der Waals surface area contributed by atoms with E-state index in [9.17, 15) is 4.79 Å². The number of nitrogens with one attached hydrogen (secondary N) is 2. The molecule has 0 radical (unpaired) electrons. The Labute approximate surface area is 73.3 Å². The van der Waals surface area contributed by atoms with Gasteiger partial charge in [0.15, 0.2) is 0 Å². The summed E-state index contributed by atoms with van der Waals surface area (Å²) in [4.78, 5) is 13.5. The zero-order chi connectivity index (χ0) is 9.40. The first-order valence-corrected chi connectivity index (χ1v) is 3.82. The Morgan fingerprint density at radius 1 is 1.92 bits per heavy atom. The van der Waals surface area contributed by atoms with E-state index < -0.39 is 6.03 Å². The van der Waals surface area contributed by atoms with Crippen molar-refractivity contribution in [2.75, 3.05) is 0 Å². The SMILES string of the molecule is Cc1nccs1.N=NC(=O)NN. The number of nitrogens with two attached hydrogens (primary N) is 1. The molecule has 0 saturated carbocycles. The standard InChI is InChI=1S/C4H5NS.CH4N4O/c1-4-5-2-3-6-4;2-4-1(6)5-3/h2-3H,1H3;2H,3H2,(H,5,6). The van der Waals surface area contributed by atoms with Gasteiger partial charge in [-0.1, -0.05) is 5.11 Å². The molecule has 12 heavy (non-hydrogen) atoms. The number of hydrogen-bond donors (Lipinski definition) is 3. The number of urea groups is 1. The Morgan fingerprint density at radius 2 is 2.58 bits per heavy atom. The highest BCUT2D eigenvalue weighted by molar-refractivity contribution is 7.09. The Bertz CT molecular complexity index is 234. The van der Waals surface area contributed by atoms with Crippen LogP contribution in [0.4, 0.5) is 4.79 Å². The maximum absolute atomic E-state index is 9.59. The molecule has 1 heterocycles. The lowest BCUT2D eigenvalue weighted by Gasteiger charge is -1.80. The van der Waals surface area contributed by atoms with Gasteiger partial charge in [-0.05, 0) is 6.92 Å². The monoisotopic (exact) mass is 187 g/mol. The second kappa shape index (κ2) is 6.38. The van der Waals surface area contributed by atoms with Gasteiger partial charge in [-0.15, -0.1) is 11.3 Å². The van der Waals surface area contributed by atoms with E-state index in [0.717, 1.165) is 5.01 Å². The molecular weight excluding hydrogens is 178 g/mol. The first-order valence-electron chi connectivity index (χ1n) is 2.94. The molecule has 0 spiro atoms. The van der Waals surface area contributed by atoms with Crippen molar-refractivity contribution in [3.8, 4) is 0 Å². The van der Waals surface area contributed by atoms with E-state index in [0.29, 0.717) is 0 Å². The molecule has 1 aromatic heterocycles. The van der Waals surface area contributed by atoms with Gasteiger partial charge in [-0.25, -0.2) is 10.6 Å². The van der Waals surface area contributed by atoms with Gasteiger partial charge in [0.2, 0.25) is 0 Å². The van der Waals surface area contributed by atoms with Crippen molar-refractivity contribution < 1.29 is 4.79 Å². The second-order valence-electron chi connectivity index (χ2n) is 1.61. The van der Waals surface area contributed by atoms with Crippen LogP contribution in [-0.4, -0.2) is 11.0 Å². The van der Waals surface area contributed by atoms with E-state index >= 15 is 0 Å². The Balaban J connectivity index is 0.000000202. The molecule has 1 rings (SSSR count). The molecule has 0 unspecified atom stereocenters. The zero-order valence-corrected chi connectivity index (χ0v) is 7.26. The number of carbonyl (C=O) groups excluding carboxylic acids is 1. The van der Waals surface area contributed by atoms with Gasteiger partial charge < -0.3 is 0 Å². The summed E-state index contributed by atoms with van der Waals surface area (Å²) in [5.41, 5.74) is 7.56. The molecule has 0 bridgehead atoms. The molecule has 0 aromatic carbocycles. The van der Waals surface area contributed by atoms with Gasteiger partial charge in [0, 0.05) is 11.6 Å². The lowest BCUT2D eigenvalue weighted by atomic mass is 10.8. The molecule has 0 fully saturated rings. The molecule has 0 atom stereocenters. The summed E-state index contributed by atoms with van der Waals surface area (Å²) < 4.78 is 0. The summed E-state index contributed by atoms with van der Waals surface area (Å²) in [6.07, 6.45) is 1.81. The molecule has 6 nitrogen and oxygen atoms in total. The second-order valence-corrected chi connectivity index (χ2v) is 2.71. The fourth-order valence-electron chi connectivity index (χ4n) is 0.327. The minimum atomic E-state index is -0.838. The largest absolute Gasteiger partial charge is 0.373 e. The van der Waals surface area contributed by atoms with Crippen molar-refractivity contribution in [3.05, 3.63) is 16.6 Å². The maximum Gasteiger partial charge on any atom is 0.373 e. The third-order valence-corrected chi connectivity index (χ3v) is 1.49. The Hall–Kier alpha value is -1.34. The minimum absolute atomic E-state index is 0.838. The van der Waals surface area contributed by atoms with Crippen LogP contribution in [-0.2, 0) is 0 Å². The molecule has 7 heteroatoms. The quantitative estimate of drug-likeness (QED) is 0.245. The molecule has 4 N–H and O–H groups in total. The van der Waals surface area contributed by atoms with Crippen molar-refractivity contribution in [2.45, 2.75) is 6.92 Å². The van der Waals surface area contributed by atoms with Crippen LogP contribution >= 0.6 is 11.3 Å². The molecule has 0 aliphatic rings. The summed E-state index contributed by atoms with van der Waals surface area (Å²) in [6.45, 7) is 1.99. The van der Waals surface area contributed by atoms with Gasteiger partial charge in [-0.2, -0.15) is 5.53 Å². The van der Waals surface area contributed by atoms with Crippen LogP contribution in [0.5, 0.6) is 0 Å². The van der Waals surface area contributed by atoms with Crippen LogP contribution in [0.15, 0.2) is 16.7 Å². The van der Waals surface area contributed by atoms with Crippen LogP contribution in [0.3, 0.4) is 0 Å². The lowest BCUT2D eigenvalue weighted by molar-refractivity contribution is 0.247. The number of aryl methyl sites for hydroxylation is 1. The van der Waals surface area contributed by atoms with Crippen LogP contribution in [0.1, 0.15) is 5.01 Å². The zero-order valence-electron chi connectivity index (χ0n) is 6.44. The van der Waals surface area contributed by atoms with Crippen LogP contribution in [0.25, 0.3) is 0 Å². The predicted octanol–water partition coefficient (Wildman–Crippen LogP) is 1.05. The van der Waals surface area contributed by atoms with Crippen LogP contribution < -0.4 is 11.3 Å². The van der Waals surface area contributed by atoms with Crippen LogP contribution in [0.2, 0.25) is 0 Å². The third kappa shape index (κ3) is 5.45. The number of rotatable bonds is 0. The van der Waals surface area contributed by atoms with Crippen molar-refractivity contribution in [1.82, 2.24) is 10.4 Å². The van der Waals surface area contributed by atoms with Gasteiger partial charge >= 0.3 is 6.03 Å². The molecular formula is C5H9N5OS. The highest BCUT2D eigenvalue weighted by Gasteiger charge is 1.83. The van der Waals surface area contributed by atoms with E-state index in [1.54, 1.807) is 23.0 Å². The smallest absolute Gasteiger partial charge is 0.273 e. The van der Waals surface area contributed by atoms with Crippen molar-refractivity contribution in [2.24, 2.45) is 11.0 Å². The number of thiazole rings is 1. The Morgan fingerprint density at radius 3 is 2.67 bits per heavy atom. The van der Waals surface area contributed by atoms with E-state index in [1.807, 2.05) is 12.3 Å². The van der Waals surface area contributed by atoms with E-state index in [4.69, 9.17) is 5.53 Å². The lowest BCUT2D eigenvalue weighted by Crippen LogP contribution is -2.26. The maximum atomic E-state index is 9.59. The predicted molar refractivity (Wildman–Crippen MR) is 44.7 cm³/mol. The highest BCUT2D eigenvalue weighted by Crippen LogP contribution is 1.98. The summed E-state index contributed by atoms with van der Waals surface area (Å²) in [7, 11) is 0. The van der Waals surface area contributed by atoms with Crippen molar-refractivity contribution in [1.29, 1.82) is 5.53 Å². The van der Waals surface area contributed by atoms with Crippen LogP contribution in [0, 0.1) is 12.5 Å². The molecule has 2 amide bonds. The first kappa shape index (κ1) is 10.7. The molecule has 0 aliphatic carbocycles. The van der Waals surface area contributed by atoms with Gasteiger partial charge in [0.05, 0.1) is 5.01 Å². The molecule has 66 valence electrons. The summed E-state index contributed by atoms with van der Waals surface area (Å²) >= 11 is 1.67. The topological polar surface area (TPSA) is 104 Å². The number of hydrogen-bond acceptors (Lipinski definition) is 5. The molecule has 0 aliphatic heterocycles. The normalized spacial score (nSPS) is 7.83. The van der Waals surface area contributed by atoms with Gasteiger partial charge in [0.25, 0.3) is 0 Å². The highest BCUT2D eigenvalue weighted by atomic mass is 32.1. The Kier molecular flexibility index (Phi) is 5.66. The summed E-state index contributed by atoms with van der Waals surface area (Å²) in [6, 6.07) is -0.838. The molecule has 1 aromatic rings. The summed E-state index contributed by atoms with van der Waals surface area (Å²) in [5, 5.41) is 5.48. The number of nitrogens with zero attached hydrogens (tertiary/aromatic N) is 2.